The Kier molecular flexibility index (Phi) is 7.15. The number of nitrogens with zero attached hydrogens (tertiary/aromatic N) is 1. The fourth-order valence-electron chi connectivity index (χ4n) is 3.01. The van der Waals surface area contributed by atoms with Gasteiger partial charge < -0.3 is 10.1 Å². The Bertz CT molecular complexity index is 1180. The molecule has 0 aliphatic carbocycles. The molecule has 168 valence electrons. The van der Waals surface area contributed by atoms with Crippen molar-refractivity contribution in [2.75, 3.05) is 16.2 Å². The molecule has 0 heterocycles. The number of benzene rings is 3. The van der Waals surface area contributed by atoms with Crippen LogP contribution in [0, 0.1) is 12.7 Å². The molecule has 32 heavy (non-hydrogen) atoms. The molecule has 8 heteroatoms. The maximum absolute atomic E-state index is 14.5. The zero-order chi connectivity index (χ0) is 23.3. The highest BCUT2D eigenvalue weighted by Crippen LogP contribution is 2.26. The first kappa shape index (κ1) is 23.3. The fraction of sp³-hybridized carbons (Fsp3) is 0.208. The number of sulfonamides is 1. The van der Waals surface area contributed by atoms with Crippen molar-refractivity contribution >= 4 is 27.3 Å². The lowest BCUT2D eigenvalue weighted by molar-refractivity contribution is -0.114. The molecular formula is C24H25FN2O4S. The summed E-state index contributed by atoms with van der Waals surface area (Å²) >= 11 is 0. The van der Waals surface area contributed by atoms with Crippen LogP contribution >= 0.6 is 0 Å². The molecule has 1 amide bonds. The van der Waals surface area contributed by atoms with Crippen molar-refractivity contribution in [3.8, 4) is 5.75 Å². The van der Waals surface area contributed by atoms with Gasteiger partial charge in [-0.2, -0.15) is 0 Å². The third-order valence-electron chi connectivity index (χ3n) is 4.53. The molecule has 0 aliphatic rings. The summed E-state index contributed by atoms with van der Waals surface area (Å²) in [4.78, 5) is 12.7. The summed E-state index contributed by atoms with van der Waals surface area (Å²) in [5.41, 5.74) is 1.14. The number of ether oxygens (including phenoxy) is 1. The molecule has 3 aromatic rings. The van der Waals surface area contributed by atoms with E-state index in [0.29, 0.717) is 11.4 Å². The van der Waals surface area contributed by atoms with E-state index in [1.807, 2.05) is 20.8 Å². The first-order valence-electron chi connectivity index (χ1n) is 10.1. The highest BCUT2D eigenvalue weighted by Gasteiger charge is 2.29. The number of nitrogens with one attached hydrogen (secondary N) is 1. The molecule has 0 spiro atoms. The fourth-order valence-corrected chi connectivity index (χ4v) is 4.44. The zero-order valence-corrected chi connectivity index (χ0v) is 18.9. The van der Waals surface area contributed by atoms with E-state index in [1.54, 1.807) is 36.4 Å². The van der Waals surface area contributed by atoms with Crippen LogP contribution in [0.2, 0.25) is 0 Å². The molecular weight excluding hydrogens is 431 g/mol. The summed E-state index contributed by atoms with van der Waals surface area (Å²) in [5, 5.41) is 2.65. The Balaban J connectivity index is 1.87. The van der Waals surface area contributed by atoms with E-state index < -0.39 is 28.3 Å². The maximum Gasteiger partial charge on any atom is 0.264 e. The second-order valence-corrected chi connectivity index (χ2v) is 9.38. The molecule has 0 aliphatic heterocycles. The second-order valence-electron chi connectivity index (χ2n) is 7.52. The molecule has 3 rings (SSSR count). The Hall–Kier alpha value is -3.39. The Morgan fingerprint density at radius 1 is 1.00 bits per heavy atom. The van der Waals surface area contributed by atoms with Crippen molar-refractivity contribution in [1.29, 1.82) is 0 Å². The van der Waals surface area contributed by atoms with Crippen LogP contribution in [0.5, 0.6) is 5.75 Å². The second kappa shape index (κ2) is 9.82. The van der Waals surface area contributed by atoms with Crippen molar-refractivity contribution in [1.82, 2.24) is 0 Å². The smallest absolute Gasteiger partial charge is 0.264 e. The van der Waals surface area contributed by atoms with Crippen LogP contribution in [-0.2, 0) is 14.8 Å². The Labute approximate surface area is 187 Å². The minimum absolute atomic E-state index is 0.0109. The number of anilines is 2. The minimum atomic E-state index is -4.19. The number of carbonyl (C=O) groups is 1. The van der Waals surface area contributed by atoms with Gasteiger partial charge in [0.15, 0.2) is 0 Å². The highest BCUT2D eigenvalue weighted by atomic mass is 32.2. The van der Waals surface area contributed by atoms with E-state index in [-0.39, 0.29) is 16.7 Å². The SMILES string of the molecule is Cc1ccc(S(=O)(=O)N(CC(=O)Nc2ccc(OC(C)C)cc2)c2ccccc2F)cc1. The lowest BCUT2D eigenvalue weighted by atomic mass is 10.2. The summed E-state index contributed by atoms with van der Waals surface area (Å²) in [5.74, 6) is -0.708. The van der Waals surface area contributed by atoms with Crippen LogP contribution in [0.1, 0.15) is 19.4 Å². The zero-order valence-electron chi connectivity index (χ0n) is 18.1. The highest BCUT2D eigenvalue weighted by molar-refractivity contribution is 7.92. The topological polar surface area (TPSA) is 75.7 Å². The molecule has 0 saturated carbocycles. The molecule has 6 nitrogen and oxygen atoms in total. The Morgan fingerprint density at radius 3 is 2.22 bits per heavy atom. The largest absolute Gasteiger partial charge is 0.491 e. The summed E-state index contributed by atoms with van der Waals surface area (Å²) in [7, 11) is -4.19. The third kappa shape index (κ3) is 5.64. The molecule has 0 fully saturated rings. The van der Waals surface area contributed by atoms with Gasteiger partial charge in [-0.25, -0.2) is 12.8 Å². The van der Waals surface area contributed by atoms with Gasteiger partial charge in [-0.3, -0.25) is 9.10 Å². The van der Waals surface area contributed by atoms with Crippen LogP contribution in [-0.4, -0.2) is 27.0 Å². The van der Waals surface area contributed by atoms with Crippen molar-refractivity contribution in [2.45, 2.75) is 31.8 Å². The predicted octanol–water partition coefficient (Wildman–Crippen LogP) is 4.76. The van der Waals surface area contributed by atoms with Gasteiger partial charge in [0.05, 0.1) is 16.7 Å². The monoisotopic (exact) mass is 456 g/mol. The van der Waals surface area contributed by atoms with E-state index >= 15 is 0 Å². The van der Waals surface area contributed by atoms with Gasteiger partial charge in [0.2, 0.25) is 5.91 Å². The Morgan fingerprint density at radius 2 is 1.62 bits per heavy atom. The van der Waals surface area contributed by atoms with E-state index in [9.17, 15) is 17.6 Å². The van der Waals surface area contributed by atoms with Crippen LogP contribution in [0.15, 0.2) is 77.7 Å². The number of aryl methyl sites for hydroxylation is 1. The first-order chi connectivity index (χ1) is 15.2. The van der Waals surface area contributed by atoms with Gasteiger partial charge in [-0.05, 0) is 69.3 Å². The lowest BCUT2D eigenvalue weighted by Crippen LogP contribution is -2.38. The van der Waals surface area contributed by atoms with Gasteiger partial charge in [-0.15, -0.1) is 0 Å². The van der Waals surface area contributed by atoms with Gasteiger partial charge in [0, 0.05) is 5.69 Å². The maximum atomic E-state index is 14.5. The van der Waals surface area contributed by atoms with Crippen molar-refractivity contribution in [3.63, 3.8) is 0 Å². The summed E-state index contributed by atoms with van der Waals surface area (Å²) in [6.45, 7) is 5.04. The molecule has 0 atom stereocenters. The molecule has 0 bridgehead atoms. The van der Waals surface area contributed by atoms with Crippen LogP contribution in [0.3, 0.4) is 0 Å². The van der Waals surface area contributed by atoms with Crippen LogP contribution in [0.4, 0.5) is 15.8 Å². The number of amides is 1. The quantitative estimate of drug-likeness (QED) is 0.531. The number of carbonyl (C=O) groups excluding carboxylic acids is 1. The number of hydrogen-bond acceptors (Lipinski definition) is 4. The third-order valence-corrected chi connectivity index (χ3v) is 6.30. The van der Waals surface area contributed by atoms with E-state index in [0.717, 1.165) is 15.9 Å². The van der Waals surface area contributed by atoms with Crippen LogP contribution in [0.25, 0.3) is 0 Å². The summed E-state index contributed by atoms with van der Waals surface area (Å²) in [6.07, 6.45) is 0.0109. The molecule has 0 saturated heterocycles. The van der Waals surface area contributed by atoms with Crippen molar-refractivity contribution in [3.05, 3.63) is 84.2 Å². The van der Waals surface area contributed by atoms with E-state index in [2.05, 4.69) is 5.32 Å². The predicted molar refractivity (Wildman–Crippen MR) is 123 cm³/mol. The van der Waals surface area contributed by atoms with E-state index in [4.69, 9.17) is 4.74 Å². The van der Waals surface area contributed by atoms with Crippen molar-refractivity contribution < 1.29 is 22.3 Å². The first-order valence-corrected chi connectivity index (χ1v) is 11.5. The average Bonchev–Trinajstić information content (AvgIpc) is 2.74. The average molecular weight is 457 g/mol. The van der Waals surface area contributed by atoms with Gasteiger partial charge >= 0.3 is 0 Å². The number of para-hydroxylation sites is 1. The normalized spacial score (nSPS) is 11.3. The minimum Gasteiger partial charge on any atom is -0.491 e. The number of hydrogen-bond donors (Lipinski definition) is 1. The van der Waals surface area contributed by atoms with Gasteiger partial charge in [-0.1, -0.05) is 29.8 Å². The van der Waals surface area contributed by atoms with Gasteiger partial charge in [0.1, 0.15) is 18.1 Å². The van der Waals surface area contributed by atoms with Gasteiger partial charge in [0.25, 0.3) is 10.0 Å². The molecule has 0 unspecified atom stereocenters. The van der Waals surface area contributed by atoms with Crippen molar-refractivity contribution in [2.24, 2.45) is 0 Å². The summed E-state index contributed by atoms with van der Waals surface area (Å²) in [6, 6.07) is 18.3. The van der Waals surface area contributed by atoms with E-state index in [1.165, 1.54) is 30.3 Å². The van der Waals surface area contributed by atoms with Crippen LogP contribution < -0.4 is 14.4 Å². The molecule has 0 radical (unpaired) electrons. The standard InChI is InChI=1S/C24H25FN2O4S/c1-17(2)31-20-12-10-19(11-13-20)26-24(28)16-27(23-7-5-4-6-22(23)25)32(29,30)21-14-8-18(3)9-15-21/h4-15,17H,16H2,1-3H3,(H,26,28). The lowest BCUT2D eigenvalue weighted by Gasteiger charge is -2.24. The molecule has 0 aromatic heterocycles. The number of rotatable bonds is 8. The number of halogens is 1. The molecule has 3 aromatic carbocycles. The molecule has 1 N–H and O–H groups in total. The summed E-state index contributed by atoms with van der Waals surface area (Å²) < 4.78 is 47.5.